The molecule has 1 fully saturated rings. The van der Waals surface area contributed by atoms with Crippen LogP contribution in [-0.2, 0) is 11.2 Å². The van der Waals surface area contributed by atoms with Gasteiger partial charge < -0.3 is 15.1 Å². The summed E-state index contributed by atoms with van der Waals surface area (Å²) in [6, 6.07) is 7.98. The van der Waals surface area contributed by atoms with Crippen LogP contribution in [0.3, 0.4) is 0 Å². The van der Waals surface area contributed by atoms with E-state index in [1.165, 1.54) is 17.3 Å². The number of nitrogens with zero attached hydrogens (tertiary/aromatic N) is 6. The van der Waals surface area contributed by atoms with Gasteiger partial charge in [-0.25, -0.2) is 0 Å². The first kappa shape index (κ1) is 24.3. The van der Waals surface area contributed by atoms with E-state index in [0.29, 0.717) is 30.0 Å². The molecule has 34 heavy (non-hydrogen) atoms. The van der Waals surface area contributed by atoms with Gasteiger partial charge in [-0.05, 0) is 60.5 Å². The summed E-state index contributed by atoms with van der Waals surface area (Å²) in [6.07, 6.45) is 2.55. The van der Waals surface area contributed by atoms with Crippen molar-refractivity contribution < 1.29 is 4.79 Å². The standard InChI is InChI=1S/C25H33N7OS/c1-17(33)14-18-6-8-20(9-7-18)34-24-29-22(27-21-15-19(16-26-21)25(2,3)4)28-23(30-24)32-12-10-31(5)11-13-32/h6-9,15H,10-14,16H2,1-5H3,(H,26,27,28,29,30). The van der Waals surface area contributed by atoms with Crippen molar-refractivity contribution in [2.45, 2.75) is 44.2 Å². The minimum Gasteiger partial charge on any atom is -0.338 e. The van der Waals surface area contributed by atoms with Gasteiger partial charge in [-0.2, -0.15) is 15.0 Å². The third-order valence-corrected chi connectivity index (χ3v) is 6.78. The zero-order valence-electron chi connectivity index (χ0n) is 20.6. The third kappa shape index (κ3) is 6.42. The molecule has 3 heterocycles. The highest BCUT2D eigenvalue weighted by Crippen LogP contribution is 2.29. The summed E-state index contributed by atoms with van der Waals surface area (Å²) in [6.45, 7) is 12.6. The smallest absolute Gasteiger partial charge is 0.234 e. The number of aromatic nitrogens is 3. The van der Waals surface area contributed by atoms with Crippen molar-refractivity contribution in [2.24, 2.45) is 10.4 Å². The fraction of sp³-hybridized carbons (Fsp3) is 0.480. The van der Waals surface area contributed by atoms with Crippen molar-refractivity contribution in [3.05, 3.63) is 41.5 Å². The first-order chi connectivity index (χ1) is 16.2. The summed E-state index contributed by atoms with van der Waals surface area (Å²) in [5.41, 5.74) is 2.37. The van der Waals surface area contributed by atoms with Gasteiger partial charge in [0.25, 0.3) is 0 Å². The Kier molecular flexibility index (Phi) is 7.33. The van der Waals surface area contributed by atoms with Gasteiger partial charge in [-0.3, -0.25) is 9.79 Å². The predicted octanol–water partition coefficient (Wildman–Crippen LogP) is 3.70. The molecule has 2 aromatic rings. The summed E-state index contributed by atoms with van der Waals surface area (Å²) < 4.78 is 0. The normalized spacial score (nSPS) is 16.9. The number of rotatable bonds is 6. The molecule has 0 bridgehead atoms. The van der Waals surface area contributed by atoms with Crippen LogP contribution >= 0.6 is 11.8 Å². The largest absolute Gasteiger partial charge is 0.338 e. The van der Waals surface area contributed by atoms with E-state index < -0.39 is 0 Å². The number of likely N-dealkylation sites (N-methyl/N-ethyl adjacent to an activating group) is 1. The molecule has 1 saturated heterocycles. The zero-order valence-corrected chi connectivity index (χ0v) is 21.4. The second-order valence-corrected chi connectivity index (χ2v) is 10.9. The quantitative estimate of drug-likeness (QED) is 0.671. The summed E-state index contributed by atoms with van der Waals surface area (Å²) in [5, 5.41) is 3.94. The first-order valence-corrected chi connectivity index (χ1v) is 12.5. The molecule has 1 aromatic carbocycles. The topological polar surface area (TPSA) is 86.6 Å². The average molecular weight is 480 g/mol. The second kappa shape index (κ2) is 10.2. The van der Waals surface area contributed by atoms with Crippen LogP contribution in [0.15, 0.2) is 51.0 Å². The number of benzene rings is 1. The Morgan fingerprint density at radius 1 is 1.06 bits per heavy atom. The zero-order chi connectivity index (χ0) is 24.3. The maximum atomic E-state index is 11.4. The number of ketones is 1. The minimum atomic E-state index is 0.0760. The van der Waals surface area contributed by atoms with Crippen LogP contribution in [0, 0.1) is 5.41 Å². The number of aliphatic imine (C=N–C) groups is 1. The van der Waals surface area contributed by atoms with Gasteiger partial charge >= 0.3 is 0 Å². The average Bonchev–Trinajstić information content (AvgIpc) is 3.24. The van der Waals surface area contributed by atoms with Crippen LogP contribution in [0.4, 0.5) is 11.9 Å². The lowest BCUT2D eigenvalue weighted by molar-refractivity contribution is -0.116. The maximum absolute atomic E-state index is 11.4. The van der Waals surface area contributed by atoms with E-state index in [0.717, 1.165) is 42.5 Å². The maximum Gasteiger partial charge on any atom is 0.234 e. The van der Waals surface area contributed by atoms with Crippen molar-refractivity contribution in [1.82, 2.24) is 19.9 Å². The highest BCUT2D eigenvalue weighted by atomic mass is 32.2. The molecular formula is C25H33N7OS. The highest BCUT2D eigenvalue weighted by Gasteiger charge is 2.23. The minimum absolute atomic E-state index is 0.0760. The van der Waals surface area contributed by atoms with Gasteiger partial charge in [0, 0.05) is 37.5 Å². The van der Waals surface area contributed by atoms with Crippen LogP contribution in [0.1, 0.15) is 33.3 Å². The van der Waals surface area contributed by atoms with E-state index in [4.69, 9.17) is 9.97 Å². The van der Waals surface area contributed by atoms with Crippen molar-refractivity contribution in [3.8, 4) is 0 Å². The fourth-order valence-electron chi connectivity index (χ4n) is 3.73. The molecule has 1 N–H and O–H groups in total. The van der Waals surface area contributed by atoms with Crippen molar-refractivity contribution in [3.63, 3.8) is 0 Å². The fourth-order valence-corrected chi connectivity index (χ4v) is 4.48. The number of piperazine rings is 1. The van der Waals surface area contributed by atoms with Gasteiger partial charge in [-0.15, -0.1) is 0 Å². The number of Topliss-reactive ketones (excluding diaryl/α,β-unsaturated/α-hetero) is 1. The number of hydrogen-bond acceptors (Lipinski definition) is 9. The Morgan fingerprint density at radius 2 is 1.76 bits per heavy atom. The summed E-state index contributed by atoms with van der Waals surface area (Å²) in [5.74, 6) is 2.12. The van der Waals surface area contributed by atoms with Crippen molar-refractivity contribution in [1.29, 1.82) is 0 Å². The van der Waals surface area contributed by atoms with Crippen LogP contribution < -0.4 is 10.2 Å². The van der Waals surface area contributed by atoms with Crippen LogP contribution in [-0.4, -0.2) is 71.2 Å². The van der Waals surface area contributed by atoms with Gasteiger partial charge in [0.05, 0.1) is 6.54 Å². The van der Waals surface area contributed by atoms with Crippen LogP contribution in [0.5, 0.6) is 0 Å². The number of hydrogen-bond donors (Lipinski definition) is 1. The van der Waals surface area contributed by atoms with E-state index in [1.807, 2.05) is 24.3 Å². The summed E-state index contributed by atoms with van der Waals surface area (Å²) in [7, 11) is 2.13. The molecule has 0 aliphatic carbocycles. The molecule has 180 valence electrons. The molecule has 0 unspecified atom stereocenters. The lowest BCUT2D eigenvalue weighted by Gasteiger charge is -2.32. The number of carbonyl (C=O) groups is 1. The van der Waals surface area contributed by atoms with Crippen LogP contribution in [0.25, 0.3) is 0 Å². The Bertz CT molecular complexity index is 1100. The van der Waals surface area contributed by atoms with Crippen LogP contribution in [0.2, 0.25) is 0 Å². The van der Waals surface area contributed by atoms with Crippen molar-refractivity contribution in [2.75, 3.05) is 50.0 Å². The van der Waals surface area contributed by atoms with Gasteiger partial charge in [0.1, 0.15) is 11.6 Å². The molecule has 1 aromatic heterocycles. The Morgan fingerprint density at radius 3 is 2.38 bits per heavy atom. The molecular weight excluding hydrogens is 446 g/mol. The SMILES string of the molecule is CC(=O)Cc1ccc(Sc2nc(NC3=NCC(C(C)(C)C)=C3)nc(N3CCN(C)CC3)n2)cc1. The molecule has 0 atom stereocenters. The van der Waals surface area contributed by atoms with Gasteiger partial charge in [0.15, 0.2) is 5.16 Å². The molecule has 0 radical (unpaired) electrons. The highest BCUT2D eigenvalue weighted by molar-refractivity contribution is 7.99. The van der Waals surface area contributed by atoms with E-state index >= 15 is 0 Å². The molecule has 0 amide bonds. The number of nitrogens with one attached hydrogen (secondary N) is 1. The number of anilines is 2. The first-order valence-electron chi connectivity index (χ1n) is 11.6. The van der Waals surface area contributed by atoms with Crippen molar-refractivity contribution >= 4 is 35.3 Å². The predicted molar refractivity (Wildman–Crippen MR) is 138 cm³/mol. The monoisotopic (exact) mass is 479 g/mol. The molecule has 9 heteroatoms. The summed E-state index contributed by atoms with van der Waals surface area (Å²) in [4.78, 5) is 35.8. The van der Waals surface area contributed by atoms with E-state index in [9.17, 15) is 4.79 Å². The molecule has 0 saturated carbocycles. The number of amidine groups is 1. The number of carbonyl (C=O) groups excluding carboxylic acids is 1. The lowest BCUT2D eigenvalue weighted by atomic mass is 9.87. The van der Waals surface area contributed by atoms with E-state index in [-0.39, 0.29) is 11.2 Å². The van der Waals surface area contributed by atoms with E-state index in [2.05, 4.69) is 59.0 Å². The molecule has 2 aliphatic rings. The molecule has 8 nitrogen and oxygen atoms in total. The third-order valence-electron chi connectivity index (χ3n) is 5.91. The lowest BCUT2D eigenvalue weighted by Crippen LogP contribution is -2.45. The summed E-state index contributed by atoms with van der Waals surface area (Å²) >= 11 is 1.49. The Balaban J connectivity index is 1.57. The molecule has 4 rings (SSSR count). The van der Waals surface area contributed by atoms with E-state index in [1.54, 1.807) is 6.92 Å². The van der Waals surface area contributed by atoms with Gasteiger partial charge in [0.2, 0.25) is 11.9 Å². The molecule has 0 spiro atoms. The van der Waals surface area contributed by atoms with Gasteiger partial charge in [-0.1, -0.05) is 32.9 Å². The Labute approximate surface area is 206 Å². The molecule has 2 aliphatic heterocycles. The second-order valence-electron chi connectivity index (χ2n) is 9.90. The Hall–Kier alpha value is -2.78.